The zero-order valence-corrected chi connectivity index (χ0v) is 15.2. The highest BCUT2D eigenvalue weighted by molar-refractivity contribution is 5.79. The van der Waals surface area contributed by atoms with Crippen LogP contribution in [0.25, 0.3) is 11.1 Å². The number of anilines is 1. The summed E-state index contributed by atoms with van der Waals surface area (Å²) in [4.78, 5) is 16.0. The number of nitrogens with zero attached hydrogens (tertiary/aromatic N) is 1. The van der Waals surface area contributed by atoms with Gasteiger partial charge < -0.3 is 15.8 Å². The fraction of sp³-hybridized carbons (Fsp3) is 0.130. The number of ether oxygens (including phenoxy) is 1. The van der Waals surface area contributed by atoms with Gasteiger partial charge in [0, 0.05) is 23.9 Å². The van der Waals surface area contributed by atoms with Gasteiger partial charge >= 0.3 is 6.09 Å². The molecule has 0 fully saturated rings. The lowest BCUT2D eigenvalue weighted by molar-refractivity contribution is 0.144. The fourth-order valence-electron chi connectivity index (χ4n) is 3.44. The molecular formula is C23H19N3O2. The van der Waals surface area contributed by atoms with E-state index in [1.807, 2.05) is 24.3 Å². The normalized spacial score (nSPS) is 11.7. The van der Waals surface area contributed by atoms with Crippen molar-refractivity contribution in [1.29, 1.82) is 0 Å². The summed E-state index contributed by atoms with van der Waals surface area (Å²) in [7, 11) is 0. The Kier molecular flexibility index (Phi) is 4.94. The number of nitrogen functional groups attached to an aromatic ring is 1. The molecule has 5 nitrogen and oxygen atoms in total. The van der Waals surface area contributed by atoms with Crippen molar-refractivity contribution in [3.63, 3.8) is 0 Å². The summed E-state index contributed by atoms with van der Waals surface area (Å²) in [6, 6.07) is 18.2. The van der Waals surface area contributed by atoms with Crippen LogP contribution in [0.15, 0.2) is 67.0 Å². The third-order valence-corrected chi connectivity index (χ3v) is 4.66. The molecule has 1 aliphatic carbocycles. The summed E-state index contributed by atoms with van der Waals surface area (Å²) in [6.45, 7) is 0.470. The molecule has 1 aromatic heterocycles. The van der Waals surface area contributed by atoms with Crippen molar-refractivity contribution in [1.82, 2.24) is 10.3 Å². The molecule has 0 saturated carbocycles. The van der Waals surface area contributed by atoms with E-state index in [0.29, 0.717) is 11.3 Å². The van der Waals surface area contributed by atoms with E-state index >= 15 is 0 Å². The average Bonchev–Trinajstić information content (AvgIpc) is 3.04. The Labute approximate surface area is 163 Å². The number of pyridine rings is 1. The Morgan fingerprint density at radius 3 is 2.43 bits per heavy atom. The Balaban J connectivity index is 1.35. The van der Waals surface area contributed by atoms with Crippen LogP contribution in [0, 0.1) is 11.8 Å². The van der Waals surface area contributed by atoms with Crippen LogP contribution in [0.4, 0.5) is 10.5 Å². The molecule has 0 aliphatic heterocycles. The number of aromatic nitrogens is 1. The number of hydrogen-bond donors (Lipinski definition) is 2. The van der Waals surface area contributed by atoms with E-state index in [9.17, 15) is 4.79 Å². The minimum Gasteiger partial charge on any atom is -0.449 e. The number of amides is 1. The van der Waals surface area contributed by atoms with Gasteiger partial charge in [0.05, 0.1) is 12.2 Å². The quantitative estimate of drug-likeness (QED) is 0.692. The third-order valence-electron chi connectivity index (χ3n) is 4.66. The first-order chi connectivity index (χ1) is 13.7. The maximum atomic E-state index is 12.1. The molecule has 0 unspecified atom stereocenters. The second-order valence-electron chi connectivity index (χ2n) is 6.49. The summed E-state index contributed by atoms with van der Waals surface area (Å²) >= 11 is 0. The highest BCUT2D eigenvalue weighted by atomic mass is 16.5. The van der Waals surface area contributed by atoms with Gasteiger partial charge in [0.25, 0.3) is 0 Å². The average molecular weight is 369 g/mol. The van der Waals surface area contributed by atoms with Crippen LogP contribution in [0.5, 0.6) is 0 Å². The van der Waals surface area contributed by atoms with Crippen molar-refractivity contribution in [3.05, 3.63) is 83.7 Å². The number of benzene rings is 2. The summed E-state index contributed by atoms with van der Waals surface area (Å²) in [5, 5.41) is 2.65. The molecule has 0 atom stereocenters. The van der Waals surface area contributed by atoms with Gasteiger partial charge in [-0.3, -0.25) is 4.98 Å². The van der Waals surface area contributed by atoms with E-state index < -0.39 is 6.09 Å². The molecule has 3 aromatic rings. The third kappa shape index (κ3) is 3.67. The highest BCUT2D eigenvalue weighted by Crippen LogP contribution is 2.44. The molecule has 0 radical (unpaired) electrons. The second-order valence-corrected chi connectivity index (χ2v) is 6.49. The lowest BCUT2D eigenvalue weighted by Crippen LogP contribution is -2.26. The second kappa shape index (κ2) is 7.85. The van der Waals surface area contributed by atoms with Crippen molar-refractivity contribution in [2.45, 2.75) is 5.92 Å². The van der Waals surface area contributed by atoms with Gasteiger partial charge in [-0.1, -0.05) is 60.4 Å². The molecule has 0 spiro atoms. The summed E-state index contributed by atoms with van der Waals surface area (Å²) in [5.74, 6) is 5.81. The predicted octanol–water partition coefficient (Wildman–Crippen LogP) is 3.55. The highest BCUT2D eigenvalue weighted by Gasteiger charge is 2.28. The zero-order chi connectivity index (χ0) is 19.3. The molecule has 1 amide bonds. The van der Waals surface area contributed by atoms with E-state index in [-0.39, 0.29) is 19.1 Å². The van der Waals surface area contributed by atoms with Crippen LogP contribution >= 0.6 is 0 Å². The summed E-state index contributed by atoms with van der Waals surface area (Å²) in [5.41, 5.74) is 11.7. The number of carbonyl (C=O) groups is 1. The maximum absolute atomic E-state index is 12.1. The zero-order valence-electron chi connectivity index (χ0n) is 15.2. The summed E-state index contributed by atoms with van der Waals surface area (Å²) in [6.07, 6.45) is 2.69. The van der Waals surface area contributed by atoms with Crippen molar-refractivity contribution < 1.29 is 9.53 Å². The predicted molar refractivity (Wildman–Crippen MR) is 109 cm³/mol. The van der Waals surface area contributed by atoms with E-state index in [1.54, 1.807) is 18.5 Å². The lowest BCUT2D eigenvalue weighted by atomic mass is 9.98. The van der Waals surface area contributed by atoms with Gasteiger partial charge in [-0.2, -0.15) is 0 Å². The van der Waals surface area contributed by atoms with Crippen LogP contribution in [0.3, 0.4) is 0 Å². The number of nitrogens with one attached hydrogen (secondary N) is 1. The van der Waals surface area contributed by atoms with Gasteiger partial charge in [0.15, 0.2) is 0 Å². The van der Waals surface area contributed by atoms with Crippen molar-refractivity contribution >= 4 is 11.8 Å². The molecule has 3 N–H and O–H groups in total. The fourth-order valence-corrected chi connectivity index (χ4v) is 3.44. The molecule has 0 saturated heterocycles. The van der Waals surface area contributed by atoms with Crippen LogP contribution < -0.4 is 11.1 Å². The molecule has 1 heterocycles. The topological polar surface area (TPSA) is 77.2 Å². The molecule has 5 heteroatoms. The van der Waals surface area contributed by atoms with Crippen LogP contribution in [0.2, 0.25) is 0 Å². The number of nitrogens with two attached hydrogens (primary N) is 1. The Morgan fingerprint density at radius 2 is 1.75 bits per heavy atom. The minimum absolute atomic E-state index is 0.0441. The maximum Gasteiger partial charge on any atom is 0.407 e. The van der Waals surface area contributed by atoms with Crippen molar-refractivity contribution in [3.8, 4) is 23.0 Å². The SMILES string of the molecule is Nc1cncc(C#CCNC(=O)OCC2c3ccccc3-c3ccccc32)c1. The molecule has 1 aliphatic rings. The van der Waals surface area contributed by atoms with Crippen LogP contribution in [-0.2, 0) is 4.74 Å². The van der Waals surface area contributed by atoms with Gasteiger partial charge in [0.2, 0.25) is 0 Å². The first kappa shape index (κ1) is 17.6. The van der Waals surface area contributed by atoms with Gasteiger partial charge in [-0.25, -0.2) is 4.79 Å². The molecule has 2 aromatic carbocycles. The standard InChI is InChI=1S/C23H19N3O2/c24-17-12-16(13-25-14-17)6-5-11-26-23(27)28-15-22-20-9-3-1-7-18(20)19-8-2-4-10-21(19)22/h1-4,7-10,12-14,22H,11,15,24H2,(H,26,27). The van der Waals surface area contributed by atoms with Gasteiger partial charge in [-0.05, 0) is 28.3 Å². The summed E-state index contributed by atoms with van der Waals surface area (Å²) < 4.78 is 5.46. The number of fused-ring (bicyclic) bond motifs is 3. The smallest absolute Gasteiger partial charge is 0.407 e. The van der Waals surface area contributed by atoms with E-state index in [4.69, 9.17) is 10.5 Å². The minimum atomic E-state index is -0.484. The number of rotatable bonds is 3. The molecular weight excluding hydrogens is 350 g/mol. The van der Waals surface area contributed by atoms with E-state index in [2.05, 4.69) is 46.4 Å². The van der Waals surface area contributed by atoms with Crippen LogP contribution in [-0.4, -0.2) is 24.2 Å². The molecule has 0 bridgehead atoms. The lowest BCUT2D eigenvalue weighted by Gasteiger charge is -2.14. The molecule has 4 rings (SSSR count). The number of alkyl carbamates (subject to hydrolysis) is 1. The van der Waals surface area contributed by atoms with E-state index in [1.165, 1.54) is 22.3 Å². The monoisotopic (exact) mass is 369 g/mol. The Morgan fingerprint density at radius 1 is 1.07 bits per heavy atom. The molecule has 138 valence electrons. The molecule has 28 heavy (non-hydrogen) atoms. The van der Waals surface area contributed by atoms with Crippen molar-refractivity contribution in [2.24, 2.45) is 0 Å². The number of carbonyl (C=O) groups excluding carboxylic acids is 1. The van der Waals surface area contributed by atoms with Gasteiger partial charge in [-0.15, -0.1) is 0 Å². The Hall–Kier alpha value is -3.78. The first-order valence-electron chi connectivity index (χ1n) is 9.00. The van der Waals surface area contributed by atoms with E-state index in [0.717, 1.165) is 0 Å². The van der Waals surface area contributed by atoms with Gasteiger partial charge in [0.1, 0.15) is 6.61 Å². The first-order valence-corrected chi connectivity index (χ1v) is 9.00. The van der Waals surface area contributed by atoms with Crippen molar-refractivity contribution in [2.75, 3.05) is 18.9 Å². The van der Waals surface area contributed by atoms with Crippen LogP contribution in [0.1, 0.15) is 22.6 Å². The number of hydrogen-bond acceptors (Lipinski definition) is 4. The Bertz CT molecular complexity index is 1040. The largest absolute Gasteiger partial charge is 0.449 e.